The zero-order valence-electron chi connectivity index (χ0n) is 10.3. The van der Waals surface area contributed by atoms with Gasteiger partial charge in [-0.1, -0.05) is 12.1 Å². The smallest absolute Gasteiger partial charge is 0.337 e. The van der Waals surface area contributed by atoms with Crippen LogP contribution in [0.1, 0.15) is 17.3 Å². The van der Waals surface area contributed by atoms with Crippen LogP contribution in [0.4, 0.5) is 4.39 Å². The van der Waals surface area contributed by atoms with Crippen molar-refractivity contribution in [3.8, 4) is 16.9 Å². The standard InChI is InChI=1S/C14H12FNO3/c1-2-19-12-5-3-4-11(13(12)15)9-6-10(14(17)18)8-16-7-9/h3-8H,2H2,1H3,(H,17,18). The molecule has 0 saturated carbocycles. The predicted octanol–water partition coefficient (Wildman–Crippen LogP) is 2.98. The molecule has 2 rings (SSSR count). The monoisotopic (exact) mass is 261 g/mol. The zero-order chi connectivity index (χ0) is 13.8. The molecule has 1 N–H and O–H groups in total. The highest BCUT2D eigenvalue weighted by atomic mass is 19.1. The second-order valence-corrected chi connectivity index (χ2v) is 3.82. The quantitative estimate of drug-likeness (QED) is 0.919. The summed E-state index contributed by atoms with van der Waals surface area (Å²) < 4.78 is 19.3. The number of halogens is 1. The molecule has 0 aliphatic heterocycles. The number of hydrogen-bond acceptors (Lipinski definition) is 3. The van der Waals surface area contributed by atoms with Gasteiger partial charge in [0.15, 0.2) is 11.6 Å². The summed E-state index contributed by atoms with van der Waals surface area (Å²) in [6.07, 6.45) is 2.64. The first-order valence-electron chi connectivity index (χ1n) is 5.73. The summed E-state index contributed by atoms with van der Waals surface area (Å²) >= 11 is 0. The van der Waals surface area contributed by atoms with Crippen molar-refractivity contribution < 1.29 is 19.0 Å². The van der Waals surface area contributed by atoms with E-state index in [9.17, 15) is 9.18 Å². The zero-order valence-corrected chi connectivity index (χ0v) is 10.3. The maximum absolute atomic E-state index is 14.2. The molecule has 0 bridgehead atoms. The Kier molecular flexibility index (Phi) is 3.75. The molecular weight excluding hydrogens is 249 g/mol. The molecule has 0 saturated heterocycles. The number of benzene rings is 1. The molecule has 98 valence electrons. The SMILES string of the molecule is CCOc1cccc(-c2cncc(C(=O)O)c2)c1F. The molecule has 2 aromatic rings. The van der Waals surface area contributed by atoms with Crippen LogP contribution in [0.3, 0.4) is 0 Å². The molecule has 4 nitrogen and oxygen atoms in total. The molecule has 0 aliphatic carbocycles. The first-order valence-corrected chi connectivity index (χ1v) is 5.73. The van der Waals surface area contributed by atoms with Crippen LogP contribution in [-0.4, -0.2) is 22.7 Å². The van der Waals surface area contributed by atoms with Gasteiger partial charge in [0.2, 0.25) is 0 Å². The maximum Gasteiger partial charge on any atom is 0.337 e. The van der Waals surface area contributed by atoms with Crippen molar-refractivity contribution in [1.82, 2.24) is 4.98 Å². The number of ether oxygens (including phenoxy) is 1. The summed E-state index contributed by atoms with van der Waals surface area (Å²) in [5.74, 6) is -1.48. The molecule has 5 heteroatoms. The van der Waals surface area contributed by atoms with Crippen molar-refractivity contribution in [2.24, 2.45) is 0 Å². The summed E-state index contributed by atoms with van der Waals surface area (Å²) in [7, 11) is 0. The molecule has 0 fully saturated rings. The molecule has 0 amide bonds. The van der Waals surface area contributed by atoms with Crippen LogP contribution in [0.5, 0.6) is 5.75 Å². The molecule has 0 radical (unpaired) electrons. The topological polar surface area (TPSA) is 59.4 Å². The van der Waals surface area contributed by atoms with Crippen molar-refractivity contribution in [2.75, 3.05) is 6.61 Å². The number of aromatic nitrogens is 1. The van der Waals surface area contributed by atoms with Gasteiger partial charge in [-0.05, 0) is 19.1 Å². The Bertz CT molecular complexity index is 613. The van der Waals surface area contributed by atoms with Gasteiger partial charge in [0.1, 0.15) is 0 Å². The number of carboxylic acids is 1. The number of nitrogens with zero attached hydrogens (tertiary/aromatic N) is 1. The first-order chi connectivity index (χ1) is 9.13. The van der Waals surface area contributed by atoms with Crippen LogP contribution in [0.2, 0.25) is 0 Å². The van der Waals surface area contributed by atoms with E-state index in [0.29, 0.717) is 12.2 Å². The van der Waals surface area contributed by atoms with Gasteiger partial charge in [-0.2, -0.15) is 0 Å². The van der Waals surface area contributed by atoms with E-state index >= 15 is 0 Å². The van der Waals surface area contributed by atoms with Gasteiger partial charge in [0.25, 0.3) is 0 Å². The van der Waals surface area contributed by atoms with Gasteiger partial charge in [-0.15, -0.1) is 0 Å². The highest BCUT2D eigenvalue weighted by Crippen LogP contribution is 2.29. The van der Waals surface area contributed by atoms with Crippen molar-refractivity contribution in [2.45, 2.75) is 6.92 Å². The van der Waals surface area contributed by atoms with Crippen LogP contribution in [0, 0.1) is 5.82 Å². The normalized spacial score (nSPS) is 10.2. The number of hydrogen-bond donors (Lipinski definition) is 1. The number of aromatic carboxylic acids is 1. The van der Waals surface area contributed by atoms with Gasteiger partial charge in [0, 0.05) is 23.5 Å². The Morgan fingerprint density at radius 2 is 2.21 bits per heavy atom. The third-order valence-electron chi connectivity index (χ3n) is 2.56. The van der Waals surface area contributed by atoms with Crippen molar-refractivity contribution in [1.29, 1.82) is 0 Å². The Morgan fingerprint density at radius 3 is 2.89 bits per heavy atom. The molecule has 0 spiro atoms. The Hall–Kier alpha value is -2.43. The fourth-order valence-corrected chi connectivity index (χ4v) is 1.70. The lowest BCUT2D eigenvalue weighted by Gasteiger charge is -2.09. The summed E-state index contributed by atoms with van der Waals surface area (Å²) in [6.45, 7) is 2.12. The van der Waals surface area contributed by atoms with Gasteiger partial charge in [0.05, 0.1) is 12.2 Å². The van der Waals surface area contributed by atoms with Gasteiger partial charge >= 0.3 is 5.97 Å². The van der Waals surface area contributed by atoms with Gasteiger partial charge in [-0.25, -0.2) is 9.18 Å². The van der Waals surface area contributed by atoms with E-state index in [1.54, 1.807) is 19.1 Å². The molecule has 1 aromatic heterocycles. The van der Waals surface area contributed by atoms with E-state index in [1.165, 1.54) is 24.5 Å². The Labute approximate surface area is 109 Å². The summed E-state index contributed by atoms with van der Waals surface area (Å²) in [5, 5.41) is 8.91. The summed E-state index contributed by atoms with van der Waals surface area (Å²) in [5.41, 5.74) is 0.680. The van der Waals surface area contributed by atoms with Crippen LogP contribution >= 0.6 is 0 Å². The van der Waals surface area contributed by atoms with Gasteiger partial charge in [-0.3, -0.25) is 4.98 Å². The average Bonchev–Trinajstić information content (AvgIpc) is 2.41. The lowest BCUT2D eigenvalue weighted by molar-refractivity contribution is 0.0696. The summed E-state index contributed by atoms with van der Waals surface area (Å²) in [4.78, 5) is 14.7. The Balaban J connectivity index is 2.49. The van der Waals surface area contributed by atoms with Crippen molar-refractivity contribution in [3.63, 3.8) is 0 Å². The van der Waals surface area contributed by atoms with Crippen molar-refractivity contribution in [3.05, 3.63) is 48.0 Å². The number of rotatable bonds is 4. The summed E-state index contributed by atoms with van der Waals surface area (Å²) in [6, 6.07) is 6.11. The lowest BCUT2D eigenvalue weighted by Crippen LogP contribution is -1.99. The number of pyridine rings is 1. The van der Waals surface area contributed by atoms with E-state index in [2.05, 4.69) is 4.98 Å². The average molecular weight is 261 g/mol. The second-order valence-electron chi connectivity index (χ2n) is 3.82. The van der Waals surface area contributed by atoms with Crippen LogP contribution in [-0.2, 0) is 0 Å². The highest BCUT2D eigenvalue weighted by Gasteiger charge is 2.12. The minimum Gasteiger partial charge on any atom is -0.491 e. The molecular formula is C14H12FNO3. The Morgan fingerprint density at radius 1 is 1.42 bits per heavy atom. The largest absolute Gasteiger partial charge is 0.491 e. The minimum atomic E-state index is -1.10. The number of carboxylic acid groups (broad SMARTS) is 1. The third-order valence-corrected chi connectivity index (χ3v) is 2.56. The molecule has 1 aromatic carbocycles. The van der Waals surface area contributed by atoms with Crippen LogP contribution in [0.25, 0.3) is 11.1 Å². The fraction of sp³-hybridized carbons (Fsp3) is 0.143. The molecule has 1 heterocycles. The van der Waals surface area contributed by atoms with E-state index in [1.807, 2.05) is 0 Å². The van der Waals surface area contributed by atoms with E-state index in [0.717, 1.165) is 0 Å². The van der Waals surface area contributed by atoms with E-state index < -0.39 is 11.8 Å². The molecule has 0 aliphatic rings. The number of carbonyl (C=O) groups is 1. The van der Waals surface area contributed by atoms with Crippen LogP contribution in [0.15, 0.2) is 36.7 Å². The molecule has 0 unspecified atom stereocenters. The predicted molar refractivity (Wildman–Crippen MR) is 67.8 cm³/mol. The van der Waals surface area contributed by atoms with Crippen LogP contribution < -0.4 is 4.74 Å². The maximum atomic E-state index is 14.2. The third kappa shape index (κ3) is 2.70. The lowest BCUT2D eigenvalue weighted by atomic mass is 10.1. The molecule has 19 heavy (non-hydrogen) atoms. The van der Waals surface area contributed by atoms with E-state index in [-0.39, 0.29) is 16.9 Å². The first kappa shape index (κ1) is 13.0. The highest BCUT2D eigenvalue weighted by molar-refractivity contribution is 5.88. The molecule has 0 atom stereocenters. The second kappa shape index (κ2) is 5.48. The van der Waals surface area contributed by atoms with E-state index in [4.69, 9.17) is 9.84 Å². The fourth-order valence-electron chi connectivity index (χ4n) is 1.70. The minimum absolute atomic E-state index is 0.0127. The van der Waals surface area contributed by atoms with Crippen molar-refractivity contribution >= 4 is 5.97 Å². The van der Waals surface area contributed by atoms with Gasteiger partial charge < -0.3 is 9.84 Å².